The Morgan fingerprint density at radius 3 is 2.74 bits per heavy atom. The number of likely N-dealkylation sites (N-methyl/N-ethyl adjacent to an activating group) is 1. The highest BCUT2D eigenvalue weighted by molar-refractivity contribution is 7.09. The normalized spacial score (nSPS) is 14.1. The molecule has 1 heterocycles. The fourth-order valence-corrected chi connectivity index (χ4v) is 3.36. The maximum Gasteiger partial charge on any atom is 0.134 e. The van der Waals surface area contributed by atoms with Crippen molar-refractivity contribution in [2.45, 2.75) is 18.9 Å². The van der Waals surface area contributed by atoms with E-state index in [1.54, 1.807) is 6.21 Å². The van der Waals surface area contributed by atoms with Crippen LogP contribution in [0.2, 0.25) is 5.02 Å². The van der Waals surface area contributed by atoms with Crippen LogP contribution < -0.4 is 4.90 Å². The molecule has 6 heteroatoms. The molecule has 1 N–H and O–H groups in total. The Kier molecular flexibility index (Phi) is 6.28. The van der Waals surface area contributed by atoms with Crippen molar-refractivity contribution in [2.24, 2.45) is 4.99 Å². The van der Waals surface area contributed by atoms with E-state index in [-0.39, 0.29) is 6.04 Å². The lowest BCUT2D eigenvalue weighted by Gasteiger charge is -2.21. The Hall–Kier alpha value is -1.74. The first-order valence-corrected chi connectivity index (χ1v) is 8.64. The minimum absolute atomic E-state index is 0.150. The Labute approximate surface area is 146 Å². The predicted octanol–water partition coefficient (Wildman–Crippen LogP) is 2.67. The van der Waals surface area contributed by atoms with Crippen LogP contribution in [0.15, 0.2) is 34.6 Å². The number of rotatable bonds is 6. The van der Waals surface area contributed by atoms with E-state index in [0.717, 1.165) is 21.3 Å². The van der Waals surface area contributed by atoms with Crippen molar-refractivity contribution in [3.63, 3.8) is 0 Å². The van der Waals surface area contributed by atoms with E-state index in [4.69, 9.17) is 11.6 Å². The highest BCUT2D eigenvalue weighted by Gasteiger charge is 2.20. The van der Waals surface area contributed by atoms with E-state index in [9.17, 15) is 5.26 Å². The van der Waals surface area contributed by atoms with E-state index in [0.29, 0.717) is 6.54 Å². The van der Waals surface area contributed by atoms with Gasteiger partial charge in [-0.05, 0) is 13.0 Å². The van der Waals surface area contributed by atoms with Crippen LogP contribution in [0.1, 0.15) is 28.2 Å². The Morgan fingerprint density at radius 2 is 2.17 bits per heavy atom. The third-order valence-corrected chi connectivity index (χ3v) is 4.95. The molecule has 1 aromatic carbocycles. The number of quaternary nitrogens is 1. The molecule has 0 radical (unpaired) electrons. The molecule has 0 aliphatic heterocycles. The van der Waals surface area contributed by atoms with Crippen molar-refractivity contribution < 1.29 is 4.90 Å². The Morgan fingerprint density at radius 1 is 1.43 bits per heavy atom. The number of thiazole rings is 1. The van der Waals surface area contributed by atoms with Gasteiger partial charge in [0.1, 0.15) is 17.0 Å². The molecular weight excluding hydrogens is 328 g/mol. The quantitative estimate of drug-likeness (QED) is 0.817. The molecule has 0 fully saturated rings. The van der Waals surface area contributed by atoms with Crippen LogP contribution in [0, 0.1) is 18.3 Å². The minimum atomic E-state index is -0.391. The van der Waals surface area contributed by atoms with E-state index < -0.39 is 5.92 Å². The molecular formula is C17H20ClN4S+. The van der Waals surface area contributed by atoms with Crippen LogP contribution in [-0.2, 0) is 0 Å². The van der Waals surface area contributed by atoms with E-state index in [2.05, 4.69) is 30.1 Å². The lowest BCUT2D eigenvalue weighted by molar-refractivity contribution is -0.890. The number of aliphatic imine (C=N–C) groups is 1. The number of benzene rings is 1. The summed E-state index contributed by atoms with van der Waals surface area (Å²) in [6.45, 7) is 2.50. The third kappa shape index (κ3) is 4.61. The molecule has 0 saturated carbocycles. The van der Waals surface area contributed by atoms with Crippen molar-refractivity contribution >= 4 is 29.2 Å². The second-order valence-corrected chi connectivity index (χ2v) is 6.90. The smallest absolute Gasteiger partial charge is 0.134 e. The summed E-state index contributed by atoms with van der Waals surface area (Å²) >= 11 is 7.80. The predicted molar refractivity (Wildman–Crippen MR) is 95.6 cm³/mol. The summed E-state index contributed by atoms with van der Waals surface area (Å²) < 4.78 is 0. The molecule has 0 aliphatic carbocycles. The number of halogens is 1. The van der Waals surface area contributed by atoms with Crippen LogP contribution in [0.4, 0.5) is 0 Å². The zero-order valence-corrected chi connectivity index (χ0v) is 15.0. The average molecular weight is 348 g/mol. The molecule has 4 nitrogen and oxygen atoms in total. The van der Waals surface area contributed by atoms with Gasteiger partial charge in [0.25, 0.3) is 0 Å². The zero-order valence-electron chi connectivity index (χ0n) is 13.5. The highest BCUT2D eigenvalue weighted by Crippen LogP contribution is 2.22. The summed E-state index contributed by atoms with van der Waals surface area (Å²) in [5, 5.41) is 12.8. The van der Waals surface area contributed by atoms with Gasteiger partial charge >= 0.3 is 0 Å². The van der Waals surface area contributed by atoms with Crippen molar-refractivity contribution in [1.82, 2.24) is 4.98 Å². The average Bonchev–Trinajstić information content (AvgIpc) is 2.94. The van der Waals surface area contributed by atoms with E-state index >= 15 is 0 Å². The van der Waals surface area contributed by atoms with Crippen molar-refractivity contribution in [2.75, 3.05) is 20.6 Å². The van der Waals surface area contributed by atoms with Gasteiger partial charge < -0.3 is 4.90 Å². The summed E-state index contributed by atoms with van der Waals surface area (Å²) in [7, 11) is 4.16. The Balaban J connectivity index is 2.12. The largest absolute Gasteiger partial charge is 0.332 e. The molecule has 0 saturated heterocycles. The van der Waals surface area contributed by atoms with Gasteiger partial charge in [0.05, 0.1) is 26.7 Å². The van der Waals surface area contributed by atoms with Gasteiger partial charge in [0.15, 0.2) is 0 Å². The molecule has 2 atom stereocenters. The lowest BCUT2D eigenvalue weighted by atomic mass is 10.1. The highest BCUT2D eigenvalue weighted by atomic mass is 35.5. The van der Waals surface area contributed by atoms with Crippen LogP contribution in [-0.4, -0.2) is 31.8 Å². The number of aryl methyl sites for hydroxylation is 1. The van der Waals surface area contributed by atoms with Crippen LogP contribution in [0.25, 0.3) is 0 Å². The van der Waals surface area contributed by atoms with Crippen molar-refractivity contribution in [3.8, 4) is 6.07 Å². The number of nitrogens with zero attached hydrogens (tertiary/aromatic N) is 3. The molecule has 2 aromatic rings. The van der Waals surface area contributed by atoms with Gasteiger partial charge in [-0.1, -0.05) is 29.8 Å². The molecule has 0 amide bonds. The van der Waals surface area contributed by atoms with Gasteiger partial charge in [-0.25, -0.2) is 4.98 Å². The van der Waals surface area contributed by atoms with Crippen molar-refractivity contribution in [1.29, 1.82) is 5.26 Å². The molecule has 0 unspecified atom stereocenters. The molecule has 0 spiro atoms. The summed E-state index contributed by atoms with van der Waals surface area (Å²) in [6.07, 6.45) is 1.70. The van der Waals surface area contributed by atoms with E-state index in [1.807, 2.05) is 36.6 Å². The minimum Gasteiger partial charge on any atom is -0.332 e. The van der Waals surface area contributed by atoms with Gasteiger partial charge in [-0.15, -0.1) is 11.3 Å². The first-order chi connectivity index (χ1) is 11.0. The number of hydrogen-bond donors (Lipinski definition) is 1. The van der Waals surface area contributed by atoms with Crippen molar-refractivity contribution in [3.05, 3.63) is 50.9 Å². The monoisotopic (exact) mass is 347 g/mol. The standard InChI is InChI=1S/C17H19ClN4S/c1-12-11-23-17(21-12)13(8-19)9-20-10-16(22(2)3)14-6-4-5-7-15(14)18/h4-7,9,11,13,16H,10H2,1-3H3/p+1/t13-,16+/m0/s1. The zero-order chi connectivity index (χ0) is 16.8. The number of nitrogens with one attached hydrogen (secondary N) is 1. The second-order valence-electron chi connectivity index (χ2n) is 5.60. The molecule has 1 aromatic heterocycles. The first kappa shape index (κ1) is 17.6. The van der Waals surface area contributed by atoms with Crippen LogP contribution in [0.3, 0.4) is 0 Å². The third-order valence-electron chi connectivity index (χ3n) is 3.56. The maximum absolute atomic E-state index is 9.32. The molecule has 120 valence electrons. The Bertz CT molecular complexity index is 717. The summed E-state index contributed by atoms with van der Waals surface area (Å²) in [5.74, 6) is -0.391. The van der Waals surface area contributed by atoms with Crippen LogP contribution >= 0.6 is 22.9 Å². The SMILES string of the molecule is Cc1csc([C@@H](C#N)C=NC[C@H](c2ccccc2Cl)[NH+](C)C)n1. The molecule has 0 aliphatic rings. The molecule has 0 bridgehead atoms. The summed E-state index contributed by atoms with van der Waals surface area (Å²) in [6, 6.07) is 10.2. The number of hydrogen-bond acceptors (Lipinski definition) is 4. The topological polar surface area (TPSA) is 53.5 Å². The first-order valence-electron chi connectivity index (χ1n) is 7.39. The molecule has 23 heavy (non-hydrogen) atoms. The fraction of sp³-hybridized carbons (Fsp3) is 0.353. The van der Waals surface area contributed by atoms with Gasteiger partial charge in [0, 0.05) is 27.9 Å². The van der Waals surface area contributed by atoms with E-state index in [1.165, 1.54) is 16.2 Å². The lowest BCUT2D eigenvalue weighted by Crippen LogP contribution is -3.06. The summed E-state index contributed by atoms with van der Waals surface area (Å²) in [4.78, 5) is 10.1. The maximum atomic E-state index is 9.32. The second kappa shape index (κ2) is 8.21. The van der Waals surface area contributed by atoms with Gasteiger partial charge in [-0.3, -0.25) is 4.99 Å². The number of aromatic nitrogens is 1. The van der Waals surface area contributed by atoms with Gasteiger partial charge in [-0.2, -0.15) is 5.26 Å². The van der Waals surface area contributed by atoms with Crippen LogP contribution in [0.5, 0.6) is 0 Å². The fourth-order valence-electron chi connectivity index (χ4n) is 2.29. The number of nitriles is 1. The van der Waals surface area contributed by atoms with Gasteiger partial charge in [0.2, 0.25) is 0 Å². The molecule has 2 rings (SSSR count). The summed E-state index contributed by atoms with van der Waals surface area (Å²) in [5.41, 5.74) is 2.01.